The zero-order valence-corrected chi connectivity index (χ0v) is 24.4. The van der Waals surface area contributed by atoms with Gasteiger partial charge in [0.15, 0.2) is 0 Å². The summed E-state index contributed by atoms with van der Waals surface area (Å²) in [5.74, 6) is 0. The molecule has 0 heterocycles. The highest BCUT2D eigenvalue weighted by atomic mass is 14.6. The summed E-state index contributed by atoms with van der Waals surface area (Å²) in [6.45, 7) is 32.7. The van der Waals surface area contributed by atoms with Crippen molar-refractivity contribution in [1.82, 2.24) is 0 Å². The molecule has 0 fully saturated rings. The summed E-state index contributed by atoms with van der Waals surface area (Å²) < 4.78 is 0. The average Bonchev–Trinajstić information content (AvgIpc) is 2.81. The smallest absolute Gasteiger partial charge is 0.0194 e. The quantitative estimate of drug-likeness (QED) is 0.403. The number of fused-ring (bicyclic) bond motifs is 3. The van der Waals surface area contributed by atoms with Crippen LogP contribution in [0, 0.1) is 23.2 Å². The molecule has 37 heavy (non-hydrogen) atoms. The largest absolute Gasteiger partial charge is 0.0955 e. The molecule has 0 spiro atoms. The number of aryl methyl sites for hydroxylation is 2. The maximum atomic E-state index is 4.83. The summed E-state index contributed by atoms with van der Waals surface area (Å²) in [7, 11) is 0. The Morgan fingerprint density at radius 1 is 0.919 bits per heavy atom. The maximum absolute atomic E-state index is 4.83. The van der Waals surface area contributed by atoms with E-state index in [0.29, 0.717) is 0 Å². The van der Waals surface area contributed by atoms with E-state index in [-0.39, 0.29) is 16.2 Å². The Balaban J connectivity index is 1.74. The van der Waals surface area contributed by atoms with Crippen molar-refractivity contribution in [2.24, 2.45) is 16.2 Å². The highest BCUT2D eigenvalue weighted by Crippen LogP contribution is 2.70. The molecule has 0 nitrogen and oxygen atoms in total. The van der Waals surface area contributed by atoms with E-state index in [1.165, 1.54) is 66.8 Å². The van der Waals surface area contributed by atoms with Crippen molar-refractivity contribution in [3.63, 3.8) is 0 Å². The van der Waals surface area contributed by atoms with Crippen LogP contribution < -0.4 is 0 Å². The summed E-state index contributed by atoms with van der Waals surface area (Å²) >= 11 is 0. The second-order valence-corrected chi connectivity index (χ2v) is 13.0. The molecule has 0 saturated heterocycles. The Morgan fingerprint density at radius 2 is 1.57 bits per heavy atom. The summed E-state index contributed by atoms with van der Waals surface area (Å²) in [4.78, 5) is 0. The van der Waals surface area contributed by atoms with Gasteiger partial charge in [0, 0.05) is 5.41 Å². The summed E-state index contributed by atoms with van der Waals surface area (Å²) in [6, 6.07) is 13.8. The third-order valence-corrected chi connectivity index (χ3v) is 10.5. The molecule has 0 radical (unpaired) electrons. The number of benzene rings is 2. The van der Waals surface area contributed by atoms with Gasteiger partial charge >= 0.3 is 0 Å². The maximum Gasteiger partial charge on any atom is 0.0194 e. The first kappa shape index (κ1) is 25.8. The van der Waals surface area contributed by atoms with Crippen LogP contribution in [0.2, 0.25) is 0 Å². The fraction of sp³-hybridized carbons (Fsp3) is 0.405. The Hall–Kier alpha value is -2.86. The minimum absolute atomic E-state index is 0.0373. The number of hydrogen-bond donors (Lipinski definition) is 0. The highest BCUT2D eigenvalue weighted by molar-refractivity contribution is 5.90. The van der Waals surface area contributed by atoms with Crippen LogP contribution >= 0.6 is 0 Å². The van der Waals surface area contributed by atoms with Crippen LogP contribution in [-0.4, -0.2) is 0 Å². The topological polar surface area (TPSA) is 0 Å². The van der Waals surface area contributed by atoms with Gasteiger partial charge in [-0.05, 0) is 120 Å². The van der Waals surface area contributed by atoms with Gasteiger partial charge in [-0.25, -0.2) is 0 Å². The summed E-state index contributed by atoms with van der Waals surface area (Å²) in [6.07, 6.45) is 4.33. The van der Waals surface area contributed by atoms with Crippen LogP contribution in [0.1, 0.15) is 83.6 Å². The fourth-order valence-electron chi connectivity index (χ4n) is 8.73. The molecule has 3 atom stereocenters. The predicted octanol–water partition coefficient (Wildman–Crippen LogP) is 10.4. The van der Waals surface area contributed by atoms with Gasteiger partial charge in [-0.2, -0.15) is 0 Å². The third kappa shape index (κ3) is 3.41. The first-order chi connectivity index (χ1) is 17.3. The Labute approximate surface area is 225 Å². The standard InChI is InChI=1S/C37H44/c1-12-28-14-16-29(17-15-28)30-18-13-23(4)33-25(6)34-27(8)37(11)26(7)32(22(2)3)24(5)19-36(37,10)21-35(34,9)20-31(30)33/h13-18H,2,6-7,12,19-21H2,1,3-5,8-11H3/t35-,36+,37-/m1/s1. The minimum Gasteiger partial charge on any atom is -0.0955 e. The highest BCUT2D eigenvalue weighted by Gasteiger charge is 2.59. The molecule has 0 unspecified atom stereocenters. The van der Waals surface area contributed by atoms with Crippen molar-refractivity contribution >= 4 is 5.57 Å². The molecule has 0 aromatic heterocycles. The first-order valence-electron chi connectivity index (χ1n) is 14.0. The van der Waals surface area contributed by atoms with Gasteiger partial charge in [-0.15, -0.1) is 0 Å². The molecule has 0 N–H and O–H groups in total. The van der Waals surface area contributed by atoms with Gasteiger partial charge in [-0.3, -0.25) is 0 Å². The van der Waals surface area contributed by atoms with Gasteiger partial charge in [-0.1, -0.05) is 101 Å². The molecular formula is C37H44. The summed E-state index contributed by atoms with van der Waals surface area (Å²) in [5, 5.41) is 0. The molecule has 0 saturated carbocycles. The van der Waals surface area contributed by atoms with Crippen LogP contribution in [0.3, 0.4) is 0 Å². The van der Waals surface area contributed by atoms with E-state index in [1.807, 2.05) is 0 Å². The molecule has 0 aliphatic heterocycles. The SMILES string of the molecule is C=C(C)C1=C(C)C[C@@]2(C)C[C@@]3(C)Cc4c(-c5ccc(CC)cc5)ccc(C)c4C(=C)C3=C(C)[C@@]2(C)C1=C. The van der Waals surface area contributed by atoms with Crippen molar-refractivity contribution < 1.29 is 0 Å². The average molecular weight is 489 g/mol. The first-order valence-corrected chi connectivity index (χ1v) is 14.0. The van der Waals surface area contributed by atoms with E-state index in [2.05, 4.69) is 98.4 Å². The van der Waals surface area contributed by atoms with Gasteiger partial charge in [0.2, 0.25) is 0 Å². The van der Waals surface area contributed by atoms with Crippen LogP contribution in [0.5, 0.6) is 0 Å². The van der Waals surface area contributed by atoms with Crippen molar-refractivity contribution in [3.05, 3.63) is 112 Å². The van der Waals surface area contributed by atoms with E-state index in [9.17, 15) is 0 Å². The van der Waals surface area contributed by atoms with Gasteiger partial charge in [0.25, 0.3) is 0 Å². The Morgan fingerprint density at radius 3 is 2.16 bits per heavy atom. The lowest BCUT2D eigenvalue weighted by Gasteiger charge is -2.62. The fourth-order valence-corrected chi connectivity index (χ4v) is 8.73. The van der Waals surface area contributed by atoms with Crippen molar-refractivity contribution in [1.29, 1.82) is 0 Å². The van der Waals surface area contributed by atoms with Crippen molar-refractivity contribution in [2.75, 3.05) is 0 Å². The molecule has 0 heteroatoms. The van der Waals surface area contributed by atoms with E-state index >= 15 is 0 Å². The van der Waals surface area contributed by atoms with E-state index in [0.717, 1.165) is 31.3 Å². The molecule has 2 aromatic rings. The van der Waals surface area contributed by atoms with Crippen LogP contribution in [-0.2, 0) is 12.8 Å². The predicted molar refractivity (Wildman–Crippen MR) is 162 cm³/mol. The molecule has 0 bridgehead atoms. The monoisotopic (exact) mass is 488 g/mol. The third-order valence-electron chi connectivity index (χ3n) is 10.5. The molecular weight excluding hydrogens is 444 g/mol. The molecule has 0 amide bonds. The van der Waals surface area contributed by atoms with E-state index < -0.39 is 0 Å². The Bertz CT molecular complexity index is 1440. The lowest BCUT2D eigenvalue weighted by atomic mass is 9.41. The van der Waals surface area contributed by atoms with Crippen LogP contribution in [0.25, 0.3) is 16.7 Å². The normalized spacial score (nSPS) is 29.2. The molecule has 2 aromatic carbocycles. The van der Waals surface area contributed by atoms with Crippen LogP contribution in [0.15, 0.2) is 89.6 Å². The van der Waals surface area contributed by atoms with Gasteiger partial charge in [0.1, 0.15) is 0 Å². The zero-order chi connectivity index (χ0) is 27.1. The van der Waals surface area contributed by atoms with Gasteiger partial charge in [0.05, 0.1) is 0 Å². The molecule has 3 aliphatic rings. The lowest BCUT2D eigenvalue weighted by Crippen LogP contribution is -2.52. The van der Waals surface area contributed by atoms with Crippen molar-refractivity contribution in [2.45, 2.75) is 81.1 Å². The van der Waals surface area contributed by atoms with E-state index in [4.69, 9.17) is 13.2 Å². The molecule has 5 rings (SSSR count). The number of hydrogen-bond acceptors (Lipinski definition) is 0. The second kappa shape index (κ2) is 8.32. The Kier molecular flexibility index (Phi) is 5.80. The number of allylic oxidation sites excluding steroid dienone is 7. The minimum atomic E-state index is -0.114. The lowest BCUT2D eigenvalue weighted by molar-refractivity contribution is 0.0544. The number of rotatable bonds is 3. The zero-order valence-electron chi connectivity index (χ0n) is 24.4. The molecule has 3 aliphatic carbocycles. The summed E-state index contributed by atoms with van der Waals surface area (Å²) in [5.41, 5.74) is 17.6. The molecule has 192 valence electrons. The van der Waals surface area contributed by atoms with Crippen molar-refractivity contribution in [3.8, 4) is 11.1 Å². The van der Waals surface area contributed by atoms with Gasteiger partial charge < -0.3 is 0 Å². The van der Waals surface area contributed by atoms with Crippen LogP contribution in [0.4, 0.5) is 0 Å². The van der Waals surface area contributed by atoms with E-state index in [1.54, 1.807) is 0 Å². The second-order valence-electron chi connectivity index (χ2n) is 13.0.